The van der Waals surface area contributed by atoms with Crippen molar-refractivity contribution in [3.63, 3.8) is 0 Å². The predicted octanol–water partition coefficient (Wildman–Crippen LogP) is 2.28. The van der Waals surface area contributed by atoms with Crippen molar-refractivity contribution in [1.82, 2.24) is 14.6 Å². The molecule has 2 aromatic rings. The number of hydrogen-bond donors (Lipinski definition) is 2. The highest BCUT2D eigenvalue weighted by molar-refractivity contribution is 7.88. The number of hydrogen-bond acceptors (Lipinski definition) is 3. The number of para-hydroxylation sites is 1. The summed E-state index contributed by atoms with van der Waals surface area (Å²) in [6, 6.07) is 8.04. The standard InChI is InChI=1S/C18H27N3O3S/c1-4-14(2)20-18(22)10-12-21(25(3,23)24)11-9-15-13-19-17-8-6-5-7-16(15)17/h5-8,13-14,19H,4,9-12H2,1-3H3,(H,20,22). The van der Waals surface area contributed by atoms with Crippen LogP contribution in [0.25, 0.3) is 10.9 Å². The number of fused-ring (bicyclic) bond motifs is 1. The Morgan fingerprint density at radius 2 is 2.00 bits per heavy atom. The van der Waals surface area contributed by atoms with Gasteiger partial charge in [-0.1, -0.05) is 25.1 Å². The molecule has 1 unspecified atom stereocenters. The van der Waals surface area contributed by atoms with Gasteiger partial charge in [0.2, 0.25) is 15.9 Å². The molecule has 1 heterocycles. The first-order chi connectivity index (χ1) is 11.8. The predicted molar refractivity (Wildman–Crippen MR) is 101 cm³/mol. The van der Waals surface area contributed by atoms with Crippen molar-refractivity contribution in [2.75, 3.05) is 19.3 Å². The van der Waals surface area contributed by atoms with Gasteiger partial charge in [0.05, 0.1) is 6.26 Å². The van der Waals surface area contributed by atoms with E-state index in [0.717, 1.165) is 22.9 Å². The highest BCUT2D eigenvalue weighted by atomic mass is 32.2. The van der Waals surface area contributed by atoms with E-state index < -0.39 is 10.0 Å². The first kappa shape index (κ1) is 19.5. The van der Waals surface area contributed by atoms with Crippen LogP contribution in [0.2, 0.25) is 0 Å². The van der Waals surface area contributed by atoms with Crippen LogP contribution < -0.4 is 5.32 Å². The van der Waals surface area contributed by atoms with Gasteiger partial charge in [-0.25, -0.2) is 12.7 Å². The van der Waals surface area contributed by atoms with Crippen molar-refractivity contribution in [2.24, 2.45) is 0 Å². The molecule has 7 heteroatoms. The molecule has 0 radical (unpaired) electrons. The van der Waals surface area contributed by atoms with E-state index in [4.69, 9.17) is 0 Å². The number of sulfonamides is 1. The molecular formula is C18H27N3O3S. The average molecular weight is 365 g/mol. The zero-order valence-corrected chi connectivity index (χ0v) is 15.9. The summed E-state index contributed by atoms with van der Waals surface area (Å²) in [5.74, 6) is -0.116. The lowest BCUT2D eigenvalue weighted by molar-refractivity contribution is -0.121. The summed E-state index contributed by atoms with van der Waals surface area (Å²) in [6.45, 7) is 4.49. The fraction of sp³-hybridized carbons (Fsp3) is 0.500. The minimum Gasteiger partial charge on any atom is -0.361 e. The number of nitrogens with one attached hydrogen (secondary N) is 2. The van der Waals surface area contributed by atoms with E-state index >= 15 is 0 Å². The van der Waals surface area contributed by atoms with Gasteiger partial charge in [-0.15, -0.1) is 0 Å². The quantitative estimate of drug-likeness (QED) is 0.715. The van der Waals surface area contributed by atoms with Crippen LogP contribution in [0.4, 0.5) is 0 Å². The zero-order chi connectivity index (χ0) is 18.4. The van der Waals surface area contributed by atoms with Gasteiger partial charge in [0.25, 0.3) is 0 Å². The van der Waals surface area contributed by atoms with Crippen molar-refractivity contribution in [3.05, 3.63) is 36.0 Å². The number of benzene rings is 1. The number of aromatic nitrogens is 1. The Kier molecular flexibility index (Phi) is 6.61. The van der Waals surface area contributed by atoms with E-state index in [2.05, 4.69) is 10.3 Å². The second-order valence-corrected chi connectivity index (χ2v) is 8.38. The van der Waals surface area contributed by atoms with Crippen molar-refractivity contribution in [1.29, 1.82) is 0 Å². The Labute approximate surface area is 149 Å². The number of rotatable bonds is 9. The maximum Gasteiger partial charge on any atom is 0.221 e. The molecule has 6 nitrogen and oxygen atoms in total. The third-order valence-electron chi connectivity index (χ3n) is 4.38. The van der Waals surface area contributed by atoms with Crippen LogP contribution in [-0.2, 0) is 21.2 Å². The fourth-order valence-electron chi connectivity index (χ4n) is 2.70. The molecule has 0 saturated carbocycles. The van der Waals surface area contributed by atoms with Gasteiger partial charge in [-0.05, 0) is 31.4 Å². The molecule has 1 aromatic heterocycles. The molecule has 25 heavy (non-hydrogen) atoms. The third kappa shape index (κ3) is 5.57. The van der Waals surface area contributed by atoms with Crippen LogP contribution in [0.1, 0.15) is 32.3 Å². The lowest BCUT2D eigenvalue weighted by Gasteiger charge is -2.20. The lowest BCUT2D eigenvalue weighted by atomic mass is 10.1. The number of amides is 1. The molecule has 0 fully saturated rings. The van der Waals surface area contributed by atoms with E-state index in [1.807, 2.05) is 44.3 Å². The molecule has 0 aliphatic heterocycles. The average Bonchev–Trinajstić information content (AvgIpc) is 2.96. The van der Waals surface area contributed by atoms with Gasteiger partial charge in [-0.2, -0.15) is 0 Å². The normalized spacial score (nSPS) is 13.3. The fourth-order valence-corrected chi connectivity index (χ4v) is 3.55. The summed E-state index contributed by atoms with van der Waals surface area (Å²) in [4.78, 5) is 15.1. The van der Waals surface area contributed by atoms with Crippen molar-refractivity contribution in [3.8, 4) is 0 Å². The topological polar surface area (TPSA) is 82.3 Å². The smallest absolute Gasteiger partial charge is 0.221 e. The van der Waals surface area contributed by atoms with E-state index in [1.54, 1.807) is 0 Å². The van der Waals surface area contributed by atoms with Crippen LogP contribution in [0, 0.1) is 0 Å². The molecule has 0 saturated heterocycles. The Morgan fingerprint density at radius 1 is 1.28 bits per heavy atom. The molecule has 138 valence electrons. The maximum absolute atomic E-state index is 12.0. The molecule has 0 aliphatic rings. The third-order valence-corrected chi connectivity index (χ3v) is 5.69. The zero-order valence-electron chi connectivity index (χ0n) is 15.1. The SMILES string of the molecule is CCC(C)NC(=O)CCN(CCc1c[nH]c2ccccc12)S(C)(=O)=O. The van der Waals surface area contributed by atoms with Crippen LogP contribution in [0.15, 0.2) is 30.5 Å². The molecule has 0 bridgehead atoms. The highest BCUT2D eigenvalue weighted by Gasteiger charge is 2.18. The molecule has 0 aliphatic carbocycles. The Bertz CT molecular complexity index is 814. The van der Waals surface area contributed by atoms with E-state index in [1.165, 1.54) is 10.6 Å². The number of aromatic amines is 1. The molecule has 2 rings (SSSR count). The van der Waals surface area contributed by atoms with Crippen molar-refractivity contribution < 1.29 is 13.2 Å². The Hall–Kier alpha value is -1.86. The number of nitrogens with zero attached hydrogens (tertiary/aromatic N) is 1. The summed E-state index contributed by atoms with van der Waals surface area (Å²) in [6.07, 6.45) is 4.73. The molecule has 0 spiro atoms. The van der Waals surface area contributed by atoms with E-state index in [-0.39, 0.29) is 24.9 Å². The molecule has 2 N–H and O–H groups in total. The first-order valence-corrected chi connectivity index (χ1v) is 10.5. The van der Waals surface area contributed by atoms with Gasteiger partial charge >= 0.3 is 0 Å². The van der Waals surface area contributed by atoms with Gasteiger partial charge in [0, 0.05) is 42.7 Å². The lowest BCUT2D eigenvalue weighted by Crippen LogP contribution is -2.38. The number of carbonyl (C=O) groups excluding carboxylic acids is 1. The molecule has 1 atom stereocenters. The van der Waals surface area contributed by atoms with Gasteiger partial charge in [0.15, 0.2) is 0 Å². The minimum absolute atomic E-state index is 0.102. The summed E-state index contributed by atoms with van der Waals surface area (Å²) in [7, 11) is -3.36. The summed E-state index contributed by atoms with van der Waals surface area (Å²) in [5, 5.41) is 3.97. The highest BCUT2D eigenvalue weighted by Crippen LogP contribution is 2.18. The molecular weight excluding hydrogens is 338 g/mol. The summed E-state index contributed by atoms with van der Waals surface area (Å²) >= 11 is 0. The van der Waals surface area contributed by atoms with Crippen molar-refractivity contribution in [2.45, 2.75) is 39.2 Å². The van der Waals surface area contributed by atoms with Crippen LogP contribution in [0.3, 0.4) is 0 Å². The summed E-state index contributed by atoms with van der Waals surface area (Å²) < 4.78 is 25.4. The van der Waals surface area contributed by atoms with Crippen LogP contribution in [0.5, 0.6) is 0 Å². The van der Waals surface area contributed by atoms with Gasteiger partial charge in [-0.3, -0.25) is 4.79 Å². The minimum atomic E-state index is -3.36. The van der Waals surface area contributed by atoms with Gasteiger partial charge < -0.3 is 10.3 Å². The monoisotopic (exact) mass is 365 g/mol. The second kappa shape index (κ2) is 8.49. The Morgan fingerprint density at radius 3 is 2.68 bits per heavy atom. The van der Waals surface area contributed by atoms with Crippen molar-refractivity contribution >= 4 is 26.8 Å². The van der Waals surface area contributed by atoms with E-state index in [0.29, 0.717) is 13.0 Å². The van der Waals surface area contributed by atoms with Gasteiger partial charge in [0.1, 0.15) is 0 Å². The van der Waals surface area contributed by atoms with Crippen LogP contribution in [-0.4, -0.2) is 49.0 Å². The van der Waals surface area contributed by atoms with Crippen LogP contribution >= 0.6 is 0 Å². The number of H-pyrrole nitrogens is 1. The molecule has 1 amide bonds. The first-order valence-electron chi connectivity index (χ1n) is 8.60. The Balaban J connectivity index is 1.98. The summed E-state index contributed by atoms with van der Waals surface area (Å²) in [5.41, 5.74) is 2.12. The maximum atomic E-state index is 12.0. The second-order valence-electron chi connectivity index (χ2n) is 6.40. The number of carbonyl (C=O) groups is 1. The largest absolute Gasteiger partial charge is 0.361 e. The molecule has 1 aromatic carbocycles. The van der Waals surface area contributed by atoms with E-state index in [9.17, 15) is 13.2 Å².